The molecule has 2 aromatic rings. The van der Waals surface area contributed by atoms with Crippen LogP contribution >= 0.6 is 0 Å². The average Bonchev–Trinajstić information content (AvgIpc) is 3.07. The minimum Gasteiger partial charge on any atom is -0.490 e. The van der Waals surface area contributed by atoms with Gasteiger partial charge < -0.3 is 14.8 Å². The van der Waals surface area contributed by atoms with E-state index < -0.39 is 0 Å². The van der Waals surface area contributed by atoms with E-state index in [1.54, 1.807) is 42.5 Å². The molecule has 2 fully saturated rings. The number of rotatable bonds is 7. The summed E-state index contributed by atoms with van der Waals surface area (Å²) >= 11 is 0. The van der Waals surface area contributed by atoms with Gasteiger partial charge in [-0.3, -0.25) is 9.69 Å². The van der Waals surface area contributed by atoms with Crippen LogP contribution in [0, 0.1) is 5.82 Å². The number of imide groups is 1. The first-order valence-corrected chi connectivity index (χ1v) is 11.1. The molecule has 168 valence electrons. The zero-order chi connectivity index (χ0) is 22.5. The summed E-state index contributed by atoms with van der Waals surface area (Å²) in [5.74, 6) is 0.339. The van der Waals surface area contributed by atoms with E-state index in [2.05, 4.69) is 5.32 Å². The Balaban J connectivity index is 1.51. The van der Waals surface area contributed by atoms with Gasteiger partial charge in [0.2, 0.25) is 0 Å². The molecule has 1 heterocycles. The maximum absolute atomic E-state index is 13.9. The fraction of sp³-hybridized carbons (Fsp3) is 0.360. The quantitative estimate of drug-likeness (QED) is 0.486. The van der Waals surface area contributed by atoms with Crippen LogP contribution in [0.25, 0.3) is 6.08 Å². The molecule has 0 unspecified atom stereocenters. The number of hydrogen-bond acceptors (Lipinski definition) is 4. The second-order valence-corrected chi connectivity index (χ2v) is 7.97. The van der Waals surface area contributed by atoms with Crippen LogP contribution in [0.1, 0.15) is 50.2 Å². The van der Waals surface area contributed by atoms with Crippen molar-refractivity contribution in [1.29, 1.82) is 0 Å². The third-order valence-electron chi connectivity index (χ3n) is 5.77. The van der Waals surface area contributed by atoms with E-state index in [1.165, 1.54) is 11.0 Å². The topological polar surface area (TPSA) is 67.9 Å². The standard InChI is InChI=1S/C25H27FN2O4/c1-2-31-23-15-17(12-13-22(23)32-16-18-8-6-7-11-20(18)26)14-21-24(29)28(25(30)27-21)19-9-4-3-5-10-19/h6-8,11-15,19H,2-5,9-10,16H2,1H3,(H,27,30)/b21-14-. The summed E-state index contributed by atoms with van der Waals surface area (Å²) in [6, 6.07) is 11.3. The molecule has 2 aliphatic rings. The highest BCUT2D eigenvalue weighted by Gasteiger charge is 2.38. The molecule has 0 bridgehead atoms. The smallest absolute Gasteiger partial charge is 0.329 e. The van der Waals surface area contributed by atoms with Gasteiger partial charge >= 0.3 is 6.03 Å². The van der Waals surface area contributed by atoms with Gasteiger partial charge in [0.05, 0.1) is 6.61 Å². The lowest BCUT2D eigenvalue weighted by atomic mass is 9.94. The second kappa shape index (κ2) is 9.85. The van der Waals surface area contributed by atoms with Gasteiger partial charge in [-0.05, 0) is 49.6 Å². The largest absolute Gasteiger partial charge is 0.490 e. The van der Waals surface area contributed by atoms with Crippen molar-refractivity contribution in [2.24, 2.45) is 0 Å². The SMILES string of the molecule is CCOc1cc(/C=C2\NC(=O)N(C3CCCCC3)C2=O)ccc1OCc1ccccc1F. The van der Waals surface area contributed by atoms with E-state index in [1.807, 2.05) is 6.92 Å². The van der Waals surface area contributed by atoms with E-state index in [0.717, 1.165) is 32.1 Å². The fourth-order valence-electron chi connectivity index (χ4n) is 4.16. The van der Waals surface area contributed by atoms with Gasteiger partial charge in [0.15, 0.2) is 11.5 Å². The second-order valence-electron chi connectivity index (χ2n) is 7.97. The number of carbonyl (C=O) groups is 2. The number of benzene rings is 2. The lowest BCUT2D eigenvalue weighted by Crippen LogP contribution is -2.41. The Bertz CT molecular complexity index is 1030. The number of ether oxygens (including phenoxy) is 2. The maximum Gasteiger partial charge on any atom is 0.329 e. The Morgan fingerprint density at radius 1 is 1.06 bits per heavy atom. The zero-order valence-electron chi connectivity index (χ0n) is 18.1. The molecule has 0 atom stereocenters. The molecule has 7 heteroatoms. The van der Waals surface area contributed by atoms with Crippen LogP contribution in [0.2, 0.25) is 0 Å². The van der Waals surface area contributed by atoms with Crippen LogP contribution in [0.15, 0.2) is 48.2 Å². The van der Waals surface area contributed by atoms with Crippen molar-refractivity contribution in [3.8, 4) is 11.5 Å². The molecule has 1 aliphatic heterocycles. The molecule has 0 radical (unpaired) electrons. The summed E-state index contributed by atoms with van der Waals surface area (Å²) in [5.41, 5.74) is 1.40. The minimum absolute atomic E-state index is 0.0321. The summed E-state index contributed by atoms with van der Waals surface area (Å²) in [6.07, 6.45) is 6.57. The number of carbonyl (C=O) groups excluding carboxylic acids is 2. The summed E-state index contributed by atoms with van der Waals surface area (Å²) in [5, 5.41) is 2.70. The highest BCUT2D eigenvalue weighted by Crippen LogP contribution is 2.31. The van der Waals surface area contributed by atoms with Crippen molar-refractivity contribution >= 4 is 18.0 Å². The molecule has 1 N–H and O–H groups in total. The molecule has 3 amide bonds. The Hall–Kier alpha value is -3.35. The monoisotopic (exact) mass is 438 g/mol. The van der Waals surface area contributed by atoms with Crippen LogP contribution < -0.4 is 14.8 Å². The molecule has 0 aromatic heterocycles. The van der Waals surface area contributed by atoms with E-state index in [4.69, 9.17) is 9.47 Å². The van der Waals surface area contributed by atoms with Gasteiger partial charge in [0.25, 0.3) is 5.91 Å². The maximum atomic E-state index is 13.9. The number of urea groups is 1. The summed E-state index contributed by atoms with van der Waals surface area (Å²) in [6.45, 7) is 2.34. The molecule has 0 spiro atoms. The first-order chi connectivity index (χ1) is 15.6. The normalized spacial score (nSPS) is 18.2. The predicted octanol–water partition coefficient (Wildman–Crippen LogP) is 5.03. The third kappa shape index (κ3) is 4.77. The minimum atomic E-state index is -0.358. The van der Waals surface area contributed by atoms with E-state index >= 15 is 0 Å². The number of hydrogen-bond donors (Lipinski definition) is 1. The van der Waals surface area contributed by atoms with E-state index in [0.29, 0.717) is 29.2 Å². The summed E-state index contributed by atoms with van der Waals surface area (Å²) in [4.78, 5) is 26.7. The molecule has 4 rings (SSSR count). The summed E-state index contributed by atoms with van der Waals surface area (Å²) in [7, 11) is 0. The van der Waals surface area contributed by atoms with Crippen LogP contribution in [-0.2, 0) is 11.4 Å². The average molecular weight is 438 g/mol. The van der Waals surface area contributed by atoms with Crippen LogP contribution in [-0.4, -0.2) is 29.5 Å². The number of nitrogens with zero attached hydrogens (tertiary/aromatic N) is 1. The van der Waals surface area contributed by atoms with Crippen molar-refractivity contribution in [2.45, 2.75) is 51.7 Å². The fourth-order valence-corrected chi connectivity index (χ4v) is 4.16. The first-order valence-electron chi connectivity index (χ1n) is 11.1. The Labute approximate surface area is 187 Å². The van der Waals surface area contributed by atoms with Crippen molar-refractivity contribution in [3.05, 3.63) is 65.1 Å². The third-order valence-corrected chi connectivity index (χ3v) is 5.77. The Morgan fingerprint density at radius 2 is 1.84 bits per heavy atom. The zero-order valence-corrected chi connectivity index (χ0v) is 18.1. The molecule has 1 aliphatic carbocycles. The Morgan fingerprint density at radius 3 is 2.59 bits per heavy atom. The van der Waals surface area contributed by atoms with Gasteiger partial charge in [-0.15, -0.1) is 0 Å². The van der Waals surface area contributed by atoms with E-state index in [-0.39, 0.29) is 36.1 Å². The van der Waals surface area contributed by atoms with E-state index in [9.17, 15) is 14.0 Å². The number of nitrogens with one attached hydrogen (secondary N) is 1. The molecular formula is C25H27FN2O4. The highest BCUT2D eigenvalue weighted by molar-refractivity contribution is 6.14. The number of amides is 3. The van der Waals surface area contributed by atoms with Gasteiger partial charge in [-0.1, -0.05) is 43.5 Å². The highest BCUT2D eigenvalue weighted by atomic mass is 19.1. The lowest BCUT2D eigenvalue weighted by molar-refractivity contribution is -0.124. The molecule has 32 heavy (non-hydrogen) atoms. The van der Waals surface area contributed by atoms with Gasteiger partial charge in [-0.2, -0.15) is 0 Å². The first kappa shape index (κ1) is 21.9. The van der Waals surface area contributed by atoms with Crippen LogP contribution in [0.4, 0.5) is 9.18 Å². The van der Waals surface area contributed by atoms with Gasteiger partial charge in [0.1, 0.15) is 18.1 Å². The summed E-state index contributed by atoms with van der Waals surface area (Å²) < 4.78 is 25.4. The Kier molecular flexibility index (Phi) is 6.73. The van der Waals surface area contributed by atoms with Crippen molar-refractivity contribution in [2.75, 3.05) is 6.61 Å². The molecule has 1 saturated carbocycles. The molecular weight excluding hydrogens is 411 g/mol. The predicted molar refractivity (Wildman–Crippen MR) is 119 cm³/mol. The lowest BCUT2D eigenvalue weighted by Gasteiger charge is -2.28. The molecule has 2 aromatic carbocycles. The molecule has 6 nitrogen and oxygen atoms in total. The number of halogens is 1. The van der Waals surface area contributed by atoms with Crippen molar-refractivity contribution in [1.82, 2.24) is 10.2 Å². The van der Waals surface area contributed by atoms with Gasteiger partial charge in [0, 0.05) is 11.6 Å². The van der Waals surface area contributed by atoms with Crippen molar-refractivity contribution < 1.29 is 23.5 Å². The van der Waals surface area contributed by atoms with Crippen molar-refractivity contribution in [3.63, 3.8) is 0 Å². The van der Waals surface area contributed by atoms with Crippen LogP contribution in [0.3, 0.4) is 0 Å². The van der Waals surface area contributed by atoms with Crippen LogP contribution in [0.5, 0.6) is 11.5 Å². The van der Waals surface area contributed by atoms with Gasteiger partial charge in [-0.25, -0.2) is 9.18 Å². The molecule has 1 saturated heterocycles.